The highest BCUT2D eigenvalue weighted by Crippen LogP contribution is 2.29. The molecule has 0 atom stereocenters. The minimum absolute atomic E-state index is 0.162. The van der Waals surface area contributed by atoms with Crippen molar-refractivity contribution in [2.24, 2.45) is 0 Å². The van der Waals surface area contributed by atoms with Crippen LogP contribution in [0.1, 0.15) is 49.9 Å². The second-order valence-electron chi connectivity index (χ2n) is 6.27. The molecule has 1 aromatic carbocycles. The van der Waals surface area contributed by atoms with Crippen molar-refractivity contribution >= 4 is 11.0 Å². The Kier molecular flexibility index (Phi) is 4.27. The number of rotatable bonds is 4. The fraction of sp³-hybridized carbons (Fsp3) is 0.588. The number of fused-ring (bicyclic) bond motifs is 1. The molecule has 2 heterocycles. The first kappa shape index (κ1) is 14.5. The van der Waals surface area contributed by atoms with Gasteiger partial charge in [0, 0.05) is 12.5 Å². The molecule has 114 valence electrons. The van der Waals surface area contributed by atoms with Crippen molar-refractivity contribution < 1.29 is 5.11 Å². The number of nitrogens with zero attached hydrogens (tertiary/aromatic N) is 2. The summed E-state index contributed by atoms with van der Waals surface area (Å²) in [5.41, 5.74) is 3.55. The van der Waals surface area contributed by atoms with E-state index in [1.807, 2.05) is 0 Å². The van der Waals surface area contributed by atoms with E-state index in [-0.39, 0.29) is 6.61 Å². The zero-order valence-corrected chi connectivity index (χ0v) is 13.0. The smallest absolute Gasteiger partial charge is 0.113 e. The summed E-state index contributed by atoms with van der Waals surface area (Å²) < 4.78 is 2.22. The van der Waals surface area contributed by atoms with E-state index in [1.165, 1.54) is 5.56 Å². The molecule has 0 amide bonds. The van der Waals surface area contributed by atoms with Gasteiger partial charge in [-0.25, -0.2) is 4.98 Å². The lowest BCUT2D eigenvalue weighted by molar-refractivity contribution is 0.273. The van der Waals surface area contributed by atoms with Gasteiger partial charge in [-0.2, -0.15) is 0 Å². The largest absolute Gasteiger partial charge is 0.395 e. The Bertz CT molecular complexity index is 612. The summed E-state index contributed by atoms with van der Waals surface area (Å²) >= 11 is 0. The highest BCUT2D eigenvalue weighted by molar-refractivity contribution is 5.77. The number of aromatic nitrogens is 2. The van der Waals surface area contributed by atoms with Gasteiger partial charge in [0.2, 0.25) is 0 Å². The minimum Gasteiger partial charge on any atom is -0.395 e. The van der Waals surface area contributed by atoms with Crippen LogP contribution in [0, 0.1) is 0 Å². The molecule has 0 saturated carbocycles. The number of aliphatic hydroxyl groups excluding tert-OH is 1. The van der Waals surface area contributed by atoms with E-state index in [1.54, 1.807) is 0 Å². The molecule has 4 heteroatoms. The van der Waals surface area contributed by atoms with Crippen LogP contribution in [0.15, 0.2) is 18.2 Å². The van der Waals surface area contributed by atoms with Crippen LogP contribution in [0.4, 0.5) is 0 Å². The Morgan fingerprint density at radius 2 is 2.10 bits per heavy atom. The quantitative estimate of drug-likeness (QED) is 0.909. The molecule has 0 bridgehead atoms. The second-order valence-corrected chi connectivity index (χ2v) is 6.27. The molecule has 0 unspecified atom stereocenters. The highest BCUT2D eigenvalue weighted by atomic mass is 16.3. The Hall–Kier alpha value is -1.39. The van der Waals surface area contributed by atoms with E-state index in [0.717, 1.165) is 42.8 Å². The van der Waals surface area contributed by atoms with Crippen LogP contribution in [-0.2, 0) is 6.54 Å². The van der Waals surface area contributed by atoms with Crippen LogP contribution in [0.5, 0.6) is 0 Å². The predicted octanol–water partition coefficient (Wildman–Crippen LogP) is 2.62. The summed E-state index contributed by atoms with van der Waals surface area (Å²) in [7, 11) is 0. The molecule has 2 N–H and O–H groups in total. The van der Waals surface area contributed by atoms with Gasteiger partial charge >= 0.3 is 0 Å². The van der Waals surface area contributed by atoms with Gasteiger partial charge in [0.05, 0.1) is 17.6 Å². The number of hydrogen-bond acceptors (Lipinski definition) is 3. The Labute approximate surface area is 126 Å². The predicted molar refractivity (Wildman–Crippen MR) is 85.8 cm³/mol. The maximum Gasteiger partial charge on any atom is 0.113 e. The Morgan fingerprint density at radius 3 is 2.76 bits per heavy atom. The normalized spacial score (nSPS) is 17.0. The van der Waals surface area contributed by atoms with Crippen LogP contribution in [0.2, 0.25) is 0 Å². The Balaban J connectivity index is 2.06. The number of piperidine rings is 1. The van der Waals surface area contributed by atoms with Gasteiger partial charge in [0.15, 0.2) is 0 Å². The van der Waals surface area contributed by atoms with Crippen molar-refractivity contribution in [3.63, 3.8) is 0 Å². The van der Waals surface area contributed by atoms with Crippen molar-refractivity contribution in [3.05, 3.63) is 29.6 Å². The van der Waals surface area contributed by atoms with Crippen molar-refractivity contribution in [2.75, 3.05) is 19.7 Å². The van der Waals surface area contributed by atoms with Gasteiger partial charge in [-0.3, -0.25) is 0 Å². The summed E-state index contributed by atoms with van der Waals surface area (Å²) in [4.78, 5) is 4.92. The maximum atomic E-state index is 9.40. The van der Waals surface area contributed by atoms with Gasteiger partial charge < -0.3 is 15.0 Å². The fourth-order valence-electron chi connectivity index (χ4n) is 3.25. The second kappa shape index (κ2) is 6.16. The van der Waals surface area contributed by atoms with E-state index >= 15 is 0 Å². The molecule has 4 nitrogen and oxygen atoms in total. The molecule has 21 heavy (non-hydrogen) atoms. The first-order valence-corrected chi connectivity index (χ1v) is 8.02. The van der Waals surface area contributed by atoms with Crippen molar-refractivity contribution in [1.82, 2.24) is 14.9 Å². The summed E-state index contributed by atoms with van der Waals surface area (Å²) in [5, 5.41) is 12.8. The zero-order valence-electron chi connectivity index (χ0n) is 13.0. The minimum atomic E-state index is 0.162. The molecular weight excluding hydrogens is 262 g/mol. The number of hydrogen-bond donors (Lipinski definition) is 2. The molecule has 1 aliphatic heterocycles. The standard InChI is InChI=1S/C17H25N3O/c1-12(2)14-3-4-16-15(11-14)19-17(20(16)9-10-21)13-5-7-18-8-6-13/h3-4,11-13,18,21H,5-10H2,1-2H3. The molecule has 0 spiro atoms. The molecule has 1 aliphatic rings. The van der Waals surface area contributed by atoms with Crippen molar-refractivity contribution in [3.8, 4) is 0 Å². The van der Waals surface area contributed by atoms with E-state index in [2.05, 4.69) is 41.9 Å². The third-order valence-electron chi connectivity index (χ3n) is 4.50. The maximum absolute atomic E-state index is 9.40. The highest BCUT2D eigenvalue weighted by Gasteiger charge is 2.22. The third kappa shape index (κ3) is 2.83. The number of nitrogens with one attached hydrogen (secondary N) is 1. The monoisotopic (exact) mass is 287 g/mol. The molecular formula is C17H25N3O. The van der Waals surface area contributed by atoms with E-state index in [4.69, 9.17) is 4.98 Å². The first-order chi connectivity index (χ1) is 10.2. The van der Waals surface area contributed by atoms with Gasteiger partial charge in [0.25, 0.3) is 0 Å². The summed E-state index contributed by atoms with van der Waals surface area (Å²) in [5.74, 6) is 2.17. The van der Waals surface area contributed by atoms with Crippen LogP contribution in [0.3, 0.4) is 0 Å². The molecule has 2 aromatic rings. The van der Waals surface area contributed by atoms with Crippen LogP contribution in [0.25, 0.3) is 11.0 Å². The van der Waals surface area contributed by atoms with Crippen LogP contribution in [-0.4, -0.2) is 34.4 Å². The van der Waals surface area contributed by atoms with E-state index in [0.29, 0.717) is 18.4 Å². The van der Waals surface area contributed by atoms with Crippen molar-refractivity contribution in [2.45, 2.75) is 45.1 Å². The van der Waals surface area contributed by atoms with Crippen molar-refractivity contribution in [1.29, 1.82) is 0 Å². The average molecular weight is 287 g/mol. The van der Waals surface area contributed by atoms with Crippen LogP contribution >= 0.6 is 0 Å². The lowest BCUT2D eigenvalue weighted by atomic mass is 9.97. The molecule has 0 aliphatic carbocycles. The number of benzene rings is 1. The molecule has 1 saturated heterocycles. The lowest BCUT2D eigenvalue weighted by Crippen LogP contribution is -2.28. The van der Waals surface area contributed by atoms with Gasteiger partial charge in [0.1, 0.15) is 5.82 Å². The lowest BCUT2D eigenvalue weighted by Gasteiger charge is -2.23. The Morgan fingerprint density at radius 1 is 1.33 bits per heavy atom. The zero-order chi connectivity index (χ0) is 14.8. The summed E-state index contributed by atoms with van der Waals surface area (Å²) in [6.07, 6.45) is 2.26. The molecule has 1 fully saturated rings. The van der Waals surface area contributed by atoms with E-state index < -0.39 is 0 Å². The fourth-order valence-corrected chi connectivity index (χ4v) is 3.25. The molecule has 1 aromatic heterocycles. The van der Waals surface area contributed by atoms with E-state index in [9.17, 15) is 5.11 Å². The van der Waals surface area contributed by atoms with Gasteiger partial charge in [-0.05, 0) is 49.5 Å². The SMILES string of the molecule is CC(C)c1ccc2c(c1)nc(C1CCNCC1)n2CCO. The molecule has 0 radical (unpaired) electrons. The molecule has 3 rings (SSSR count). The third-order valence-corrected chi connectivity index (χ3v) is 4.50. The summed E-state index contributed by atoms with van der Waals surface area (Å²) in [6, 6.07) is 6.56. The number of imidazole rings is 1. The topological polar surface area (TPSA) is 50.1 Å². The van der Waals surface area contributed by atoms with Gasteiger partial charge in [-0.15, -0.1) is 0 Å². The van der Waals surface area contributed by atoms with Crippen LogP contribution < -0.4 is 5.32 Å². The average Bonchev–Trinajstić information content (AvgIpc) is 2.86. The first-order valence-electron chi connectivity index (χ1n) is 8.02. The summed E-state index contributed by atoms with van der Waals surface area (Å²) in [6.45, 7) is 7.33. The number of aliphatic hydroxyl groups is 1. The van der Waals surface area contributed by atoms with Gasteiger partial charge in [-0.1, -0.05) is 19.9 Å².